The molecule has 2 heterocycles. The topological polar surface area (TPSA) is 17.8 Å². The fraction of sp³-hybridized carbons (Fsp3) is 0.727. The van der Waals surface area contributed by atoms with Crippen molar-refractivity contribution in [2.75, 3.05) is 0 Å². The molecule has 2 nitrogen and oxygen atoms in total. The van der Waals surface area contributed by atoms with Crippen molar-refractivity contribution in [2.24, 2.45) is 0 Å². The number of hydrogen-bond acceptors (Lipinski definition) is 1. The van der Waals surface area contributed by atoms with E-state index in [-0.39, 0.29) is 0 Å². The zero-order valence-electron chi connectivity index (χ0n) is 8.58. The normalized spacial score (nSPS) is 21.5. The Labute approximate surface area is 80.0 Å². The second-order valence-corrected chi connectivity index (χ2v) is 4.04. The van der Waals surface area contributed by atoms with E-state index in [1.807, 2.05) is 0 Å². The van der Waals surface area contributed by atoms with Crippen LogP contribution in [0.2, 0.25) is 0 Å². The molecule has 0 radical (unpaired) electrons. The number of fused-ring (bicyclic) bond motifs is 1. The highest BCUT2D eigenvalue weighted by Crippen LogP contribution is 2.27. The van der Waals surface area contributed by atoms with Gasteiger partial charge in [0.25, 0.3) is 0 Å². The van der Waals surface area contributed by atoms with Gasteiger partial charge in [0.05, 0.1) is 0 Å². The average Bonchev–Trinajstić information content (AvgIpc) is 2.51. The molecule has 2 heteroatoms. The first-order valence-corrected chi connectivity index (χ1v) is 5.37. The van der Waals surface area contributed by atoms with Gasteiger partial charge in [-0.3, -0.25) is 0 Å². The van der Waals surface area contributed by atoms with Crippen molar-refractivity contribution >= 4 is 0 Å². The summed E-state index contributed by atoms with van der Waals surface area (Å²) < 4.78 is 2.43. The molecule has 1 aliphatic heterocycles. The Morgan fingerprint density at radius 1 is 1.62 bits per heavy atom. The van der Waals surface area contributed by atoms with E-state index in [0.29, 0.717) is 5.92 Å². The van der Waals surface area contributed by atoms with Crippen molar-refractivity contribution in [1.82, 2.24) is 9.55 Å². The summed E-state index contributed by atoms with van der Waals surface area (Å²) >= 11 is 0. The summed E-state index contributed by atoms with van der Waals surface area (Å²) in [7, 11) is 0. The van der Waals surface area contributed by atoms with E-state index in [2.05, 4.69) is 29.6 Å². The summed E-state index contributed by atoms with van der Waals surface area (Å²) in [6, 6.07) is 0. The minimum Gasteiger partial charge on any atom is -0.332 e. The van der Waals surface area contributed by atoms with Gasteiger partial charge in [-0.05, 0) is 25.2 Å². The van der Waals surface area contributed by atoms with Crippen LogP contribution < -0.4 is 0 Å². The van der Waals surface area contributed by atoms with Crippen LogP contribution in [0.3, 0.4) is 0 Å². The van der Waals surface area contributed by atoms with E-state index in [9.17, 15) is 0 Å². The van der Waals surface area contributed by atoms with Crippen LogP contribution >= 0.6 is 0 Å². The van der Waals surface area contributed by atoms with Crippen molar-refractivity contribution < 1.29 is 0 Å². The molecule has 0 fully saturated rings. The molecule has 0 saturated heterocycles. The van der Waals surface area contributed by atoms with Crippen molar-refractivity contribution in [1.29, 1.82) is 0 Å². The second-order valence-electron chi connectivity index (χ2n) is 4.04. The van der Waals surface area contributed by atoms with Crippen LogP contribution in [0, 0.1) is 0 Å². The third-order valence-electron chi connectivity index (χ3n) is 2.97. The van der Waals surface area contributed by atoms with Gasteiger partial charge < -0.3 is 4.57 Å². The summed E-state index contributed by atoms with van der Waals surface area (Å²) in [5.41, 5.74) is 1.45. The van der Waals surface area contributed by atoms with E-state index in [1.54, 1.807) is 0 Å². The van der Waals surface area contributed by atoms with Crippen molar-refractivity contribution in [2.45, 2.75) is 52.0 Å². The summed E-state index contributed by atoms with van der Waals surface area (Å²) in [6.45, 7) is 5.71. The third kappa shape index (κ3) is 1.50. The summed E-state index contributed by atoms with van der Waals surface area (Å²) in [5, 5.41) is 0. The quantitative estimate of drug-likeness (QED) is 0.681. The molecule has 0 saturated carbocycles. The van der Waals surface area contributed by atoms with E-state index in [1.165, 1.54) is 37.3 Å². The largest absolute Gasteiger partial charge is 0.332 e. The fourth-order valence-electron chi connectivity index (χ4n) is 2.21. The lowest BCUT2D eigenvalue weighted by atomic mass is 9.99. The Morgan fingerprint density at radius 3 is 3.23 bits per heavy atom. The van der Waals surface area contributed by atoms with Gasteiger partial charge in [0, 0.05) is 24.9 Å². The average molecular weight is 178 g/mol. The zero-order valence-corrected chi connectivity index (χ0v) is 8.58. The van der Waals surface area contributed by atoms with Crippen LogP contribution in [0.1, 0.15) is 50.5 Å². The molecule has 0 amide bonds. The molecule has 0 N–H and O–H groups in total. The standard InChI is InChI=1S/C11H18N2/c1-3-5-11-12-8-10-9(2)6-4-7-13(10)11/h8-9H,3-7H2,1-2H3. The van der Waals surface area contributed by atoms with Gasteiger partial charge in [-0.2, -0.15) is 0 Å². The molecule has 2 rings (SSSR count). The van der Waals surface area contributed by atoms with Crippen molar-refractivity contribution in [3.8, 4) is 0 Å². The van der Waals surface area contributed by atoms with Crippen LogP contribution in [0.4, 0.5) is 0 Å². The first-order valence-electron chi connectivity index (χ1n) is 5.37. The maximum atomic E-state index is 4.50. The minimum absolute atomic E-state index is 0.715. The Bertz CT molecular complexity index is 288. The summed E-state index contributed by atoms with van der Waals surface area (Å²) in [5.74, 6) is 2.01. The number of nitrogens with zero attached hydrogens (tertiary/aromatic N) is 2. The van der Waals surface area contributed by atoms with Gasteiger partial charge in [0.15, 0.2) is 0 Å². The first-order chi connectivity index (χ1) is 6.33. The SMILES string of the molecule is CCCc1ncc2n1CCCC2C. The lowest BCUT2D eigenvalue weighted by Crippen LogP contribution is -2.15. The van der Waals surface area contributed by atoms with E-state index < -0.39 is 0 Å². The van der Waals surface area contributed by atoms with Gasteiger partial charge in [0.1, 0.15) is 5.82 Å². The molecule has 1 unspecified atom stereocenters. The fourth-order valence-corrected chi connectivity index (χ4v) is 2.21. The maximum absolute atomic E-state index is 4.50. The molecule has 13 heavy (non-hydrogen) atoms. The second kappa shape index (κ2) is 3.52. The number of rotatable bonds is 2. The van der Waals surface area contributed by atoms with E-state index >= 15 is 0 Å². The first kappa shape index (κ1) is 8.79. The molecule has 0 aliphatic carbocycles. The Hall–Kier alpha value is -0.790. The van der Waals surface area contributed by atoms with Crippen LogP contribution in [-0.4, -0.2) is 9.55 Å². The number of imidazole rings is 1. The number of hydrogen-bond donors (Lipinski definition) is 0. The highest BCUT2D eigenvalue weighted by Gasteiger charge is 2.18. The summed E-state index contributed by atoms with van der Waals surface area (Å²) in [4.78, 5) is 4.50. The number of aryl methyl sites for hydroxylation is 1. The maximum Gasteiger partial charge on any atom is 0.108 e. The monoisotopic (exact) mass is 178 g/mol. The van der Waals surface area contributed by atoms with Crippen LogP contribution in [0.25, 0.3) is 0 Å². The van der Waals surface area contributed by atoms with Gasteiger partial charge >= 0.3 is 0 Å². The third-order valence-corrected chi connectivity index (χ3v) is 2.97. The molecule has 1 aromatic rings. The van der Waals surface area contributed by atoms with Crippen LogP contribution in [-0.2, 0) is 13.0 Å². The van der Waals surface area contributed by atoms with Gasteiger partial charge in [-0.25, -0.2) is 4.98 Å². The predicted molar refractivity (Wildman–Crippen MR) is 53.9 cm³/mol. The minimum atomic E-state index is 0.715. The van der Waals surface area contributed by atoms with Crippen molar-refractivity contribution in [3.05, 3.63) is 17.7 Å². The Morgan fingerprint density at radius 2 is 2.46 bits per heavy atom. The Kier molecular flexibility index (Phi) is 2.38. The summed E-state index contributed by atoms with van der Waals surface area (Å²) in [6.07, 6.45) is 7.06. The molecule has 1 aliphatic rings. The van der Waals surface area contributed by atoms with Crippen LogP contribution in [0.5, 0.6) is 0 Å². The predicted octanol–water partition coefficient (Wildman–Crippen LogP) is 2.73. The molecule has 1 aromatic heterocycles. The molecule has 72 valence electrons. The molecule has 1 atom stereocenters. The van der Waals surface area contributed by atoms with Crippen molar-refractivity contribution in [3.63, 3.8) is 0 Å². The Balaban J connectivity index is 2.30. The lowest BCUT2D eigenvalue weighted by Gasteiger charge is -2.22. The highest BCUT2D eigenvalue weighted by molar-refractivity contribution is 5.12. The molecular formula is C11H18N2. The van der Waals surface area contributed by atoms with Gasteiger partial charge in [-0.15, -0.1) is 0 Å². The zero-order chi connectivity index (χ0) is 9.26. The highest BCUT2D eigenvalue weighted by atomic mass is 15.1. The number of aromatic nitrogens is 2. The molecular weight excluding hydrogens is 160 g/mol. The molecule has 0 bridgehead atoms. The molecule has 0 spiro atoms. The smallest absolute Gasteiger partial charge is 0.108 e. The van der Waals surface area contributed by atoms with E-state index in [0.717, 1.165) is 6.42 Å². The lowest BCUT2D eigenvalue weighted by molar-refractivity contribution is 0.462. The van der Waals surface area contributed by atoms with Gasteiger partial charge in [0.2, 0.25) is 0 Å². The van der Waals surface area contributed by atoms with E-state index in [4.69, 9.17) is 0 Å². The van der Waals surface area contributed by atoms with Crippen LogP contribution in [0.15, 0.2) is 6.20 Å². The molecule has 0 aromatic carbocycles. The van der Waals surface area contributed by atoms with Gasteiger partial charge in [-0.1, -0.05) is 13.8 Å².